The van der Waals surface area contributed by atoms with Gasteiger partial charge in [0.1, 0.15) is 0 Å². The molecule has 2 aromatic carbocycles. The summed E-state index contributed by atoms with van der Waals surface area (Å²) in [6, 6.07) is 12.6. The molecule has 2 N–H and O–H groups in total. The predicted molar refractivity (Wildman–Crippen MR) is 179 cm³/mol. The van der Waals surface area contributed by atoms with Gasteiger partial charge in [-0.3, -0.25) is 9.69 Å². The maximum Gasteiger partial charge on any atom is 0.410 e. The van der Waals surface area contributed by atoms with Gasteiger partial charge in [-0.2, -0.15) is 0 Å². The Balaban J connectivity index is 1.09. The number of rotatable bonds is 6. The van der Waals surface area contributed by atoms with Crippen molar-refractivity contribution in [3.8, 4) is 0 Å². The van der Waals surface area contributed by atoms with Crippen LogP contribution in [0.5, 0.6) is 0 Å². The number of para-hydroxylation sites is 1. The smallest absolute Gasteiger partial charge is 0.410 e. The number of anilines is 1. The molecule has 0 aliphatic carbocycles. The van der Waals surface area contributed by atoms with Crippen LogP contribution in [-0.4, -0.2) is 115 Å². The van der Waals surface area contributed by atoms with E-state index >= 15 is 0 Å². The molecule has 4 heterocycles. The lowest BCUT2D eigenvalue weighted by atomic mass is 9.96. The van der Waals surface area contributed by atoms with Gasteiger partial charge in [0.25, 0.3) is 5.91 Å². The number of nitrogens with one attached hydrogen (secondary N) is 2. The third-order valence-electron chi connectivity index (χ3n) is 10.7. The maximum absolute atomic E-state index is 14.0. The molecule has 0 aromatic heterocycles. The normalized spacial score (nSPS) is 20.9. The number of ether oxygens (including phenoxy) is 1. The summed E-state index contributed by atoms with van der Waals surface area (Å²) >= 11 is 0. The molecule has 0 radical (unpaired) electrons. The van der Waals surface area contributed by atoms with Crippen LogP contribution in [0.1, 0.15) is 53.5 Å². The maximum atomic E-state index is 14.0. The molecule has 4 amide bonds. The molecule has 46 heavy (non-hydrogen) atoms. The van der Waals surface area contributed by atoms with Crippen LogP contribution in [0.3, 0.4) is 0 Å². The van der Waals surface area contributed by atoms with Gasteiger partial charge in [0.05, 0.1) is 0 Å². The summed E-state index contributed by atoms with van der Waals surface area (Å²) in [7, 11) is 0. The van der Waals surface area contributed by atoms with Crippen molar-refractivity contribution < 1.29 is 19.1 Å². The first kappa shape index (κ1) is 32.3. The van der Waals surface area contributed by atoms with E-state index in [1.54, 1.807) is 4.90 Å². The number of urea groups is 1. The molecule has 2 aromatic rings. The van der Waals surface area contributed by atoms with Gasteiger partial charge in [0, 0.05) is 83.1 Å². The lowest BCUT2D eigenvalue weighted by Crippen LogP contribution is -2.54. The van der Waals surface area contributed by atoms with Crippen LogP contribution in [0.2, 0.25) is 0 Å². The number of hydrogen-bond acceptors (Lipinski definition) is 6. The Morgan fingerprint density at radius 3 is 2.17 bits per heavy atom. The van der Waals surface area contributed by atoms with E-state index in [4.69, 9.17) is 4.74 Å². The Bertz CT molecular complexity index is 1390. The fourth-order valence-corrected chi connectivity index (χ4v) is 7.63. The van der Waals surface area contributed by atoms with Crippen LogP contribution in [0.4, 0.5) is 15.3 Å². The lowest BCUT2D eigenvalue weighted by molar-refractivity contribution is -0.142. The summed E-state index contributed by atoms with van der Waals surface area (Å²) in [5.41, 5.74) is 6.61. The first-order valence-corrected chi connectivity index (χ1v) is 17.2. The Labute approximate surface area is 273 Å². The average molecular weight is 631 g/mol. The molecule has 3 fully saturated rings. The van der Waals surface area contributed by atoms with Gasteiger partial charge < -0.3 is 30.1 Å². The van der Waals surface area contributed by atoms with E-state index in [1.165, 1.54) is 16.7 Å². The molecule has 4 aliphatic rings. The number of benzene rings is 2. The third-order valence-corrected chi connectivity index (χ3v) is 10.7. The van der Waals surface area contributed by atoms with Gasteiger partial charge in [0.2, 0.25) is 0 Å². The van der Waals surface area contributed by atoms with E-state index < -0.39 is 12.2 Å². The number of likely N-dealkylation sites (tertiary alicyclic amines) is 2. The average Bonchev–Trinajstić information content (AvgIpc) is 3.25. The second kappa shape index (κ2) is 14.4. The van der Waals surface area contributed by atoms with Crippen LogP contribution in [0.15, 0.2) is 36.4 Å². The highest BCUT2D eigenvalue weighted by atomic mass is 16.6. The van der Waals surface area contributed by atoms with Crippen molar-refractivity contribution >= 4 is 23.7 Å². The summed E-state index contributed by atoms with van der Waals surface area (Å²) in [4.78, 5) is 48.8. The summed E-state index contributed by atoms with van der Waals surface area (Å²) < 4.78 is 6.11. The van der Waals surface area contributed by atoms with Crippen LogP contribution in [-0.2, 0) is 22.4 Å². The molecule has 4 aliphatic heterocycles. The Kier molecular flexibility index (Phi) is 10.1. The summed E-state index contributed by atoms with van der Waals surface area (Å²) in [5.74, 6) is -0.0984. The number of fused-ring (bicyclic) bond motifs is 1. The van der Waals surface area contributed by atoms with Gasteiger partial charge in [-0.1, -0.05) is 30.3 Å². The summed E-state index contributed by atoms with van der Waals surface area (Å²) in [6.07, 6.45) is 3.06. The van der Waals surface area contributed by atoms with Crippen molar-refractivity contribution in [3.05, 3.63) is 64.2 Å². The van der Waals surface area contributed by atoms with Gasteiger partial charge in [-0.15, -0.1) is 0 Å². The Hall–Kier alpha value is -3.63. The molecule has 248 valence electrons. The van der Waals surface area contributed by atoms with Crippen LogP contribution in [0.25, 0.3) is 0 Å². The van der Waals surface area contributed by atoms with Gasteiger partial charge in [0.15, 0.2) is 6.10 Å². The zero-order valence-electron chi connectivity index (χ0n) is 27.7. The predicted octanol–water partition coefficient (Wildman–Crippen LogP) is 4.11. The molecule has 0 bridgehead atoms. The second-order valence-corrected chi connectivity index (χ2v) is 13.5. The van der Waals surface area contributed by atoms with Crippen LogP contribution < -0.4 is 10.6 Å². The number of carbonyl (C=O) groups excluding carboxylic acids is 3. The minimum atomic E-state index is -0.877. The Morgan fingerprint density at radius 2 is 1.48 bits per heavy atom. The largest absolute Gasteiger partial charge is 0.436 e. The number of piperazine rings is 1. The third kappa shape index (κ3) is 7.33. The molecule has 10 nitrogen and oxygen atoms in total. The fraction of sp³-hybridized carbons (Fsp3) is 0.583. The van der Waals surface area contributed by atoms with Crippen LogP contribution in [0, 0.1) is 20.8 Å². The summed E-state index contributed by atoms with van der Waals surface area (Å²) in [6.45, 7) is 13.4. The molecule has 1 atom stereocenters. The van der Waals surface area contributed by atoms with Crippen molar-refractivity contribution in [3.63, 3.8) is 0 Å². The monoisotopic (exact) mass is 630 g/mol. The number of piperidine rings is 2. The van der Waals surface area contributed by atoms with E-state index in [1.807, 2.05) is 28.0 Å². The number of aryl methyl sites for hydroxylation is 2. The van der Waals surface area contributed by atoms with E-state index in [0.717, 1.165) is 62.3 Å². The number of carbonyl (C=O) groups is 3. The van der Waals surface area contributed by atoms with Crippen molar-refractivity contribution in [1.82, 2.24) is 24.9 Å². The molecule has 3 saturated heterocycles. The highest BCUT2D eigenvalue weighted by molar-refractivity contribution is 5.91. The molecule has 0 saturated carbocycles. The number of nitrogens with zero attached hydrogens (tertiary/aromatic N) is 4. The fourth-order valence-electron chi connectivity index (χ4n) is 7.63. The first-order valence-electron chi connectivity index (χ1n) is 17.2. The van der Waals surface area contributed by atoms with Crippen molar-refractivity contribution in [2.24, 2.45) is 0 Å². The van der Waals surface area contributed by atoms with Crippen molar-refractivity contribution in [2.45, 2.75) is 77.5 Å². The standard InChI is InChI=1S/C36H50N6O4/c1-25-22-28(23-26(2)27(25)3)24-33(34(43)40-15-9-30(10-16-40)39-20-13-37-14-21-39)46-36(45)41-17-11-31(12-18-41)42-19-8-29-6-4-5-7-32(29)38-35(42)44/h4-7,22-23,30-31,33,37H,8-21,24H2,1-3H3,(H,38,44). The molecule has 10 heteroatoms. The molecular weight excluding hydrogens is 580 g/mol. The topological polar surface area (TPSA) is 97.5 Å². The van der Waals surface area contributed by atoms with E-state index in [9.17, 15) is 14.4 Å². The number of hydrogen-bond donors (Lipinski definition) is 2. The zero-order valence-corrected chi connectivity index (χ0v) is 27.7. The van der Waals surface area contributed by atoms with Gasteiger partial charge in [-0.05, 0) is 86.8 Å². The zero-order chi connectivity index (χ0) is 32.2. The first-order chi connectivity index (χ1) is 22.3. The lowest BCUT2D eigenvalue weighted by Gasteiger charge is -2.41. The van der Waals surface area contributed by atoms with Gasteiger partial charge in [-0.25, -0.2) is 9.59 Å². The highest BCUT2D eigenvalue weighted by Crippen LogP contribution is 2.26. The molecule has 0 spiro atoms. The van der Waals surface area contributed by atoms with Crippen LogP contribution >= 0.6 is 0 Å². The quantitative estimate of drug-likeness (QED) is 0.499. The SMILES string of the molecule is Cc1cc(CC(OC(=O)N2CCC(N3CCc4ccccc4NC3=O)CC2)C(=O)N2CCC(N3CCNCC3)CC2)cc(C)c1C. The van der Waals surface area contributed by atoms with E-state index in [0.29, 0.717) is 58.0 Å². The van der Waals surface area contributed by atoms with E-state index in [-0.39, 0.29) is 18.0 Å². The highest BCUT2D eigenvalue weighted by Gasteiger charge is 2.36. The van der Waals surface area contributed by atoms with Gasteiger partial charge >= 0.3 is 12.1 Å². The van der Waals surface area contributed by atoms with Crippen molar-refractivity contribution in [2.75, 3.05) is 64.2 Å². The summed E-state index contributed by atoms with van der Waals surface area (Å²) in [5, 5.41) is 6.49. The second-order valence-electron chi connectivity index (χ2n) is 13.5. The van der Waals surface area contributed by atoms with Crippen molar-refractivity contribution in [1.29, 1.82) is 0 Å². The molecular formula is C36H50N6O4. The Morgan fingerprint density at radius 1 is 0.848 bits per heavy atom. The molecule has 6 rings (SSSR count). The minimum absolute atomic E-state index is 0.0475. The minimum Gasteiger partial charge on any atom is -0.436 e. The number of amides is 4. The molecule has 1 unspecified atom stereocenters. The van der Waals surface area contributed by atoms with E-state index in [2.05, 4.69) is 54.5 Å².